The third-order valence-corrected chi connectivity index (χ3v) is 4.97. The Kier molecular flexibility index (Phi) is 7.14. The number of anilines is 3. The summed E-state index contributed by atoms with van der Waals surface area (Å²) in [6, 6.07) is 18.0. The molecule has 1 heterocycles. The number of amides is 2. The Labute approximate surface area is 184 Å². The van der Waals surface area contributed by atoms with Crippen molar-refractivity contribution in [3.8, 4) is 11.8 Å². The van der Waals surface area contributed by atoms with Gasteiger partial charge in [0.1, 0.15) is 17.4 Å². The lowest BCUT2D eigenvalue weighted by Gasteiger charge is -2.17. The highest BCUT2D eigenvalue weighted by Crippen LogP contribution is 2.29. The van der Waals surface area contributed by atoms with Crippen molar-refractivity contribution in [2.75, 3.05) is 16.8 Å². The van der Waals surface area contributed by atoms with Crippen molar-refractivity contribution in [1.82, 2.24) is 4.98 Å². The summed E-state index contributed by atoms with van der Waals surface area (Å²) in [7, 11) is 0. The SMILES string of the molecule is CCOc1ccccc1NC(=O)/C(C#N)=C/c1csc(N(C(C)=O)c2ccccc2)n1. The first-order valence-electron chi connectivity index (χ1n) is 9.49. The van der Waals surface area contributed by atoms with Crippen LogP contribution in [0.1, 0.15) is 19.5 Å². The van der Waals surface area contributed by atoms with Crippen LogP contribution in [0.4, 0.5) is 16.5 Å². The molecule has 2 aromatic carbocycles. The highest BCUT2D eigenvalue weighted by Gasteiger charge is 2.18. The van der Waals surface area contributed by atoms with E-state index < -0.39 is 5.91 Å². The third-order valence-electron chi connectivity index (χ3n) is 4.12. The second-order valence-electron chi connectivity index (χ2n) is 6.30. The molecule has 7 nitrogen and oxygen atoms in total. The number of hydrogen-bond donors (Lipinski definition) is 1. The minimum Gasteiger partial charge on any atom is -0.492 e. The predicted molar refractivity (Wildman–Crippen MR) is 121 cm³/mol. The monoisotopic (exact) mass is 432 g/mol. The molecule has 0 bridgehead atoms. The summed E-state index contributed by atoms with van der Waals surface area (Å²) in [5.74, 6) is -0.246. The van der Waals surface area contributed by atoms with Crippen molar-refractivity contribution in [3.63, 3.8) is 0 Å². The molecule has 0 saturated heterocycles. The van der Waals surface area contributed by atoms with Gasteiger partial charge in [-0.05, 0) is 37.3 Å². The summed E-state index contributed by atoms with van der Waals surface area (Å²) in [4.78, 5) is 30.7. The highest BCUT2D eigenvalue weighted by molar-refractivity contribution is 7.14. The summed E-state index contributed by atoms with van der Waals surface area (Å²) in [6.07, 6.45) is 1.39. The van der Waals surface area contributed by atoms with Gasteiger partial charge in [0.2, 0.25) is 5.91 Å². The van der Waals surface area contributed by atoms with E-state index in [0.29, 0.717) is 34.6 Å². The van der Waals surface area contributed by atoms with Gasteiger partial charge in [0, 0.05) is 12.3 Å². The van der Waals surface area contributed by atoms with Gasteiger partial charge >= 0.3 is 0 Å². The van der Waals surface area contributed by atoms with Crippen LogP contribution in [0.5, 0.6) is 5.75 Å². The minimum atomic E-state index is -0.573. The number of carbonyl (C=O) groups is 2. The molecule has 0 atom stereocenters. The smallest absolute Gasteiger partial charge is 0.266 e. The zero-order valence-corrected chi connectivity index (χ0v) is 17.8. The lowest BCUT2D eigenvalue weighted by atomic mass is 10.2. The summed E-state index contributed by atoms with van der Waals surface area (Å²) in [5, 5.41) is 14.3. The fourth-order valence-corrected chi connectivity index (χ4v) is 3.63. The minimum absolute atomic E-state index is 0.114. The summed E-state index contributed by atoms with van der Waals surface area (Å²) >= 11 is 1.25. The Bertz CT molecular complexity index is 1150. The van der Waals surface area contributed by atoms with E-state index in [-0.39, 0.29) is 11.5 Å². The summed E-state index contributed by atoms with van der Waals surface area (Å²) in [6.45, 7) is 3.75. The Morgan fingerprint density at radius 1 is 1.19 bits per heavy atom. The predicted octanol–water partition coefficient (Wildman–Crippen LogP) is 4.77. The number of para-hydroxylation sites is 3. The average molecular weight is 433 g/mol. The van der Waals surface area contributed by atoms with Gasteiger partial charge < -0.3 is 10.1 Å². The van der Waals surface area contributed by atoms with Gasteiger partial charge in [-0.15, -0.1) is 11.3 Å². The average Bonchev–Trinajstić information content (AvgIpc) is 3.22. The molecule has 0 aliphatic heterocycles. The van der Waals surface area contributed by atoms with Crippen LogP contribution in [0.25, 0.3) is 6.08 Å². The number of ether oxygens (including phenoxy) is 1. The molecule has 0 unspecified atom stereocenters. The number of carbonyl (C=O) groups excluding carboxylic acids is 2. The molecule has 0 spiro atoms. The van der Waals surface area contributed by atoms with E-state index >= 15 is 0 Å². The molecule has 0 aliphatic rings. The van der Waals surface area contributed by atoms with E-state index in [1.807, 2.05) is 43.3 Å². The van der Waals surface area contributed by atoms with Crippen LogP contribution in [0.15, 0.2) is 65.6 Å². The molecule has 0 radical (unpaired) electrons. The number of thiazole rings is 1. The maximum absolute atomic E-state index is 12.6. The van der Waals surface area contributed by atoms with Crippen LogP contribution in [-0.2, 0) is 9.59 Å². The van der Waals surface area contributed by atoms with Crippen LogP contribution in [-0.4, -0.2) is 23.4 Å². The summed E-state index contributed by atoms with van der Waals surface area (Å²) in [5.41, 5.74) is 1.45. The Balaban J connectivity index is 1.84. The van der Waals surface area contributed by atoms with E-state index in [2.05, 4.69) is 10.3 Å². The first-order chi connectivity index (χ1) is 15.0. The lowest BCUT2D eigenvalue weighted by Crippen LogP contribution is -2.22. The van der Waals surface area contributed by atoms with Gasteiger partial charge in [-0.3, -0.25) is 14.5 Å². The normalized spacial score (nSPS) is 10.8. The van der Waals surface area contributed by atoms with Gasteiger partial charge in [0.15, 0.2) is 5.13 Å². The van der Waals surface area contributed by atoms with Crippen LogP contribution in [0.2, 0.25) is 0 Å². The number of hydrogen-bond acceptors (Lipinski definition) is 6. The van der Waals surface area contributed by atoms with Gasteiger partial charge in [0.05, 0.1) is 23.7 Å². The fourth-order valence-electron chi connectivity index (χ4n) is 2.79. The van der Waals surface area contributed by atoms with Crippen molar-refractivity contribution in [1.29, 1.82) is 5.26 Å². The van der Waals surface area contributed by atoms with E-state index in [9.17, 15) is 14.9 Å². The number of nitriles is 1. The van der Waals surface area contributed by atoms with Crippen LogP contribution >= 0.6 is 11.3 Å². The number of rotatable bonds is 7. The second kappa shape index (κ2) is 10.2. The largest absolute Gasteiger partial charge is 0.492 e. The maximum atomic E-state index is 12.6. The standard InChI is InChI=1S/C23H20N4O3S/c1-3-30-21-12-8-7-11-20(21)26-22(29)17(14-24)13-18-15-31-23(25-18)27(16(2)28)19-9-5-4-6-10-19/h4-13,15H,3H2,1-2H3,(H,26,29)/b17-13+. The molecule has 1 aromatic heterocycles. The van der Waals surface area contributed by atoms with Crippen LogP contribution < -0.4 is 15.0 Å². The number of aromatic nitrogens is 1. The Hall–Kier alpha value is -3.96. The molecule has 0 saturated carbocycles. The molecule has 1 N–H and O–H groups in total. The maximum Gasteiger partial charge on any atom is 0.266 e. The first-order valence-corrected chi connectivity index (χ1v) is 10.4. The van der Waals surface area contributed by atoms with Crippen molar-refractivity contribution in [3.05, 3.63) is 71.2 Å². The highest BCUT2D eigenvalue weighted by atomic mass is 32.1. The molecule has 0 aliphatic carbocycles. The van der Waals surface area contributed by atoms with Gasteiger partial charge in [0.25, 0.3) is 5.91 Å². The molecule has 8 heteroatoms. The number of benzene rings is 2. The number of nitrogens with one attached hydrogen (secondary N) is 1. The van der Waals surface area contributed by atoms with E-state index in [4.69, 9.17) is 4.74 Å². The molecular formula is C23H20N4O3S. The van der Waals surface area contributed by atoms with Gasteiger partial charge in [-0.2, -0.15) is 5.26 Å². The van der Waals surface area contributed by atoms with Crippen LogP contribution in [0.3, 0.4) is 0 Å². The Morgan fingerprint density at radius 2 is 1.90 bits per heavy atom. The molecule has 156 valence electrons. The molecule has 0 fully saturated rings. The zero-order chi connectivity index (χ0) is 22.2. The van der Waals surface area contributed by atoms with Crippen molar-refractivity contribution >= 4 is 45.7 Å². The van der Waals surface area contributed by atoms with Gasteiger partial charge in [-0.1, -0.05) is 30.3 Å². The van der Waals surface area contributed by atoms with Crippen molar-refractivity contribution in [2.45, 2.75) is 13.8 Å². The fraction of sp³-hybridized carbons (Fsp3) is 0.130. The van der Waals surface area contributed by atoms with E-state index in [1.54, 1.807) is 29.6 Å². The first kappa shape index (κ1) is 21.7. The molecular weight excluding hydrogens is 412 g/mol. The molecule has 3 rings (SSSR count). The van der Waals surface area contributed by atoms with Crippen LogP contribution in [0, 0.1) is 11.3 Å². The van der Waals surface area contributed by atoms with E-state index in [0.717, 1.165) is 0 Å². The lowest BCUT2D eigenvalue weighted by molar-refractivity contribution is -0.116. The number of nitrogens with zero attached hydrogens (tertiary/aromatic N) is 3. The van der Waals surface area contributed by atoms with Crippen molar-refractivity contribution < 1.29 is 14.3 Å². The second-order valence-corrected chi connectivity index (χ2v) is 7.13. The van der Waals surface area contributed by atoms with Gasteiger partial charge in [-0.25, -0.2) is 4.98 Å². The molecule has 3 aromatic rings. The third kappa shape index (κ3) is 5.35. The van der Waals surface area contributed by atoms with E-state index in [1.165, 1.54) is 29.2 Å². The molecule has 31 heavy (non-hydrogen) atoms. The topological polar surface area (TPSA) is 95.3 Å². The molecule has 2 amide bonds. The summed E-state index contributed by atoms with van der Waals surface area (Å²) < 4.78 is 5.50. The van der Waals surface area contributed by atoms with Crippen molar-refractivity contribution in [2.24, 2.45) is 0 Å². The quantitative estimate of drug-likeness (QED) is 0.428. The zero-order valence-electron chi connectivity index (χ0n) is 17.0. The Morgan fingerprint density at radius 3 is 2.58 bits per heavy atom.